The van der Waals surface area contributed by atoms with Gasteiger partial charge in [-0.2, -0.15) is 8.78 Å². The molecule has 2 aromatic carbocycles. The molecule has 0 unspecified atom stereocenters. The summed E-state index contributed by atoms with van der Waals surface area (Å²) in [6, 6.07) is 15.2. The molecule has 0 aliphatic heterocycles. The lowest BCUT2D eigenvalue weighted by Gasteiger charge is -2.11. The maximum atomic E-state index is 12.4. The van der Waals surface area contributed by atoms with Crippen molar-refractivity contribution in [1.29, 1.82) is 0 Å². The van der Waals surface area contributed by atoms with Crippen molar-refractivity contribution in [3.05, 3.63) is 60.4 Å². The maximum absolute atomic E-state index is 12.4. The molecule has 140 valence electrons. The first-order valence-electron chi connectivity index (χ1n) is 8.02. The highest BCUT2D eigenvalue weighted by Crippen LogP contribution is 2.25. The van der Waals surface area contributed by atoms with Gasteiger partial charge in [-0.1, -0.05) is 35.5 Å². The van der Waals surface area contributed by atoms with E-state index in [1.54, 1.807) is 13.0 Å². The molecule has 0 saturated heterocycles. The van der Waals surface area contributed by atoms with E-state index in [2.05, 4.69) is 15.2 Å². The van der Waals surface area contributed by atoms with Crippen LogP contribution in [0.25, 0.3) is 11.0 Å². The van der Waals surface area contributed by atoms with Crippen LogP contribution < -0.4 is 10.1 Å². The van der Waals surface area contributed by atoms with Gasteiger partial charge in [-0.3, -0.25) is 4.79 Å². The van der Waals surface area contributed by atoms with Crippen molar-refractivity contribution in [3.63, 3.8) is 0 Å². The van der Waals surface area contributed by atoms with Crippen LogP contribution in [0.2, 0.25) is 0 Å². The molecule has 1 aromatic heterocycles. The van der Waals surface area contributed by atoms with Gasteiger partial charge in [0.2, 0.25) is 0 Å². The number of benzene rings is 2. The molecule has 0 aliphatic rings. The number of rotatable bonds is 7. The number of carbonyl (C=O) groups is 1. The Morgan fingerprint density at radius 2 is 1.93 bits per heavy atom. The molecule has 0 fully saturated rings. The Balaban J connectivity index is 1.58. The lowest BCUT2D eigenvalue weighted by Crippen LogP contribution is -2.18. The Morgan fingerprint density at radius 3 is 2.70 bits per heavy atom. The zero-order chi connectivity index (χ0) is 19.2. The number of alkyl halides is 2. The molecule has 1 heterocycles. The predicted octanol–water partition coefficient (Wildman–Crippen LogP) is 4.41. The topological polar surface area (TPSA) is 73.1 Å². The monoisotopic (exact) mass is 374 g/mol. The van der Waals surface area contributed by atoms with Crippen LogP contribution in [0.4, 0.5) is 14.5 Å². The van der Waals surface area contributed by atoms with Gasteiger partial charge in [0.15, 0.2) is 12.4 Å². The average molecular weight is 374 g/mol. The first-order valence-corrected chi connectivity index (χ1v) is 8.02. The molecule has 0 saturated carbocycles. The Hall–Kier alpha value is -3.42. The zero-order valence-corrected chi connectivity index (χ0v) is 14.3. The summed E-state index contributed by atoms with van der Waals surface area (Å²) in [4.78, 5) is 17.0. The van der Waals surface area contributed by atoms with Crippen LogP contribution in [0.1, 0.15) is 12.7 Å². The molecular weight excluding hydrogens is 358 g/mol. The minimum Gasteiger partial charge on any atom is -0.455 e. The number of carbonyl (C=O) groups excluding carboxylic acids is 1. The first kappa shape index (κ1) is 18.4. The third-order valence-electron chi connectivity index (χ3n) is 3.56. The zero-order valence-electron chi connectivity index (χ0n) is 14.3. The van der Waals surface area contributed by atoms with Gasteiger partial charge in [0, 0.05) is 5.39 Å². The van der Waals surface area contributed by atoms with Gasteiger partial charge in [-0.15, -0.1) is 0 Å². The third kappa shape index (κ3) is 4.81. The number of amides is 1. The molecule has 27 heavy (non-hydrogen) atoms. The maximum Gasteiger partial charge on any atom is 0.387 e. The van der Waals surface area contributed by atoms with E-state index in [-0.39, 0.29) is 11.4 Å². The second-order valence-electron chi connectivity index (χ2n) is 5.52. The van der Waals surface area contributed by atoms with E-state index < -0.39 is 19.1 Å². The lowest BCUT2D eigenvalue weighted by molar-refractivity contribution is -0.120. The van der Waals surface area contributed by atoms with E-state index >= 15 is 0 Å². The van der Waals surface area contributed by atoms with Crippen molar-refractivity contribution in [2.75, 3.05) is 11.9 Å². The van der Waals surface area contributed by atoms with E-state index in [1.807, 2.05) is 30.3 Å². The summed E-state index contributed by atoms with van der Waals surface area (Å²) >= 11 is 0. The van der Waals surface area contributed by atoms with Gasteiger partial charge < -0.3 is 19.3 Å². The highest BCUT2D eigenvalue weighted by molar-refractivity contribution is 5.99. The number of hydrogen-bond donors (Lipinski definition) is 1. The number of anilines is 1. The fraction of sp³-hybridized carbons (Fsp3) is 0.158. The van der Waals surface area contributed by atoms with Crippen LogP contribution in [-0.2, 0) is 9.63 Å². The van der Waals surface area contributed by atoms with Crippen LogP contribution in [0.15, 0.2) is 64.2 Å². The molecule has 8 heteroatoms. The van der Waals surface area contributed by atoms with E-state index in [0.29, 0.717) is 11.5 Å². The van der Waals surface area contributed by atoms with Crippen molar-refractivity contribution in [1.82, 2.24) is 0 Å². The summed E-state index contributed by atoms with van der Waals surface area (Å²) in [5, 5.41) is 7.22. The van der Waals surface area contributed by atoms with Crippen molar-refractivity contribution >= 4 is 28.3 Å². The van der Waals surface area contributed by atoms with Gasteiger partial charge >= 0.3 is 6.61 Å². The van der Waals surface area contributed by atoms with Crippen LogP contribution >= 0.6 is 0 Å². The van der Waals surface area contributed by atoms with Gasteiger partial charge in [0.05, 0.1) is 5.69 Å². The largest absolute Gasteiger partial charge is 0.455 e. The molecule has 1 N–H and O–H groups in total. The Labute approximate surface area is 153 Å². The average Bonchev–Trinajstić information content (AvgIpc) is 3.07. The standard InChI is InChI=1S/C19H16F2N2O4/c1-12(17-10-13-6-2-4-8-15(13)26-17)23-25-11-18(24)22-14-7-3-5-9-16(14)27-19(20)21/h2-10,19H,11H2,1H3,(H,22,24). The van der Waals surface area contributed by atoms with Crippen molar-refractivity contribution in [3.8, 4) is 5.75 Å². The number of halogens is 2. The molecule has 3 aromatic rings. The van der Waals surface area contributed by atoms with Gasteiger partial charge in [0.25, 0.3) is 5.91 Å². The number of fused-ring (bicyclic) bond motifs is 1. The number of oxime groups is 1. The van der Waals surface area contributed by atoms with Gasteiger partial charge in [0.1, 0.15) is 17.0 Å². The summed E-state index contributed by atoms with van der Waals surface area (Å²) in [5.74, 6) is -0.184. The van der Waals surface area contributed by atoms with Crippen LogP contribution in [0.5, 0.6) is 5.75 Å². The van der Waals surface area contributed by atoms with Crippen molar-refractivity contribution < 1.29 is 27.6 Å². The predicted molar refractivity (Wildman–Crippen MR) is 96.1 cm³/mol. The summed E-state index contributed by atoms with van der Waals surface area (Å²) in [5.41, 5.74) is 1.29. The van der Waals surface area contributed by atoms with E-state index in [9.17, 15) is 13.6 Å². The smallest absolute Gasteiger partial charge is 0.387 e. The fourth-order valence-electron chi connectivity index (χ4n) is 2.35. The summed E-state index contributed by atoms with van der Waals surface area (Å²) in [6.45, 7) is -1.71. The second-order valence-corrected chi connectivity index (χ2v) is 5.52. The van der Waals surface area contributed by atoms with Crippen molar-refractivity contribution in [2.24, 2.45) is 5.16 Å². The molecule has 0 aliphatic carbocycles. The fourth-order valence-corrected chi connectivity index (χ4v) is 2.35. The van der Waals surface area contributed by atoms with Crippen LogP contribution in [-0.4, -0.2) is 24.8 Å². The van der Waals surface area contributed by atoms with Crippen LogP contribution in [0, 0.1) is 0 Å². The number of ether oxygens (including phenoxy) is 1. The van der Waals surface area contributed by atoms with Gasteiger partial charge in [-0.05, 0) is 31.2 Å². The summed E-state index contributed by atoms with van der Waals surface area (Å²) < 4.78 is 34.7. The van der Waals surface area contributed by atoms with E-state index in [1.165, 1.54) is 18.2 Å². The van der Waals surface area contributed by atoms with Crippen molar-refractivity contribution in [2.45, 2.75) is 13.5 Å². The molecule has 0 bridgehead atoms. The SMILES string of the molecule is CC(=NOCC(=O)Nc1ccccc1OC(F)F)c1cc2ccccc2o1. The lowest BCUT2D eigenvalue weighted by atomic mass is 10.2. The molecule has 6 nitrogen and oxygen atoms in total. The van der Waals surface area contributed by atoms with Crippen LogP contribution in [0.3, 0.4) is 0 Å². The Kier molecular flexibility index (Phi) is 5.65. The second kappa shape index (κ2) is 8.31. The highest BCUT2D eigenvalue weighted by atomic mass is 19.3. The first-order chi connectivity index (χ1) is 13.0. The minimum atomic E-state index is -2.99. The Morgan fingerprint density at radius 1 is 1.19 bits per heavy atom. The number of nitrogens with one attached hydrogen (secondary N) is 1. The number of nitrogens with zero attached hydrogens (tertiary/aromatic N) is 1. The quantitative estimate of drug-likeness (QED) is 0.491. The molecular formula is C19H16F2N2O4. The third-order valence-corrected chi connectivity index (χ3v) is 3.56. The molecule has 3 rings (SSSR count). The number of hydrogen-bond acceptors (Lipinski definition) is 5. The molecule has 0 radical (unpaired) electrons. The molecule has 0 spiro atoms. The Bertz CT molecular complexity index is 936. The van der Waals surface area contributed by atoms with Gasteiger partial charge in [-0.25, -0.2) is 0 Å². The number of furan rings is 1. The normalized spacial score (nSPS) is 11.6. The van der Waals surface area contributed by atoms with E-state index in [0.717, 1.165) is 11.0 Å². The molecule has 0 atom stereocenters. The molecule has 1 amide bonds. The summed E-state index contributed by atoms with van der Waals surface area (Å²) in [6.07, 6.45) is 0. The number of para-hydroxylation sites is 3. The summed E-state index contributed by atoms with van der Waals surface area (Å²) in [7, 11) is 0. The van der Waals surface area contributed by atoms with E-state index in [4.69, 9.17) is 9.25 Å². The highest BCUT2D eigenvalue weighted by Gasteiger charge is 2.12. The minimum absolute atomic E-state index is 0.115.